The first-order chi connectivity index (χ1) is 17.7. The Hall–Kier alpha value is -3.48. The van der Waals surface area contributed by atoms with E-state index in [2.05, 4.69) is 75.1 Å². The Balaban J connectivity index is 1.27. The van der Waals surface area contributed by atoms with Gasteiger partial charge in [-0.3, -0.25) is 4.90 Å². The van der Waals surface area contributed by atoms with Gasteiger partial charge in [-0.25, -0.2) is 9.97 Å². The highest BCUT2D eigenvalue weighted by Crippen LogP contribution is 2.32. The second kappa shape index (κ2) is 10.2. The van der Waals surface area contributed by atoms with E-state index in [0.29, 0.717) is 5.95 Å². The molecule has 184 valence electrons. The van der Waals surface area contributed by atoms with Crippen LogP contribution in [-0.2, 0) is 19.5 Å². The molecule has 0 saturated carbocycles. The van der Waals surface area contributed by atoms with Crippen LogP contribution in [0.5, 0.6) is 5.75 Å². The highest BCUT2D eigenvalue weighted by molar-refractivity contribution is 5.85. The third-order valence-corrected chi connectivity index (χ3v) is 7.35. The van der Waals surface area contributed by atoms with Crippen LogP contribution in [0.4, 0.5) is 11.6 Å². The maximum Gasteiger partial charge on any atom is 0.227 e. The molecule has 2 N–H and O–H groups in total. The number of anilines is 2. The minimum atomic E-state index is 0.570. The normalized spacial score (nSPS) is 16.0. The molecule has 3 aromatic carbocycles. The molecule has 6 nitrogen and oxygen atoms in total. The standard InChI is InChI=1S/C30H33N5O/c1-36-29-17-24-10-11-31-18-26(24)16-28(29)34-30-32-19-25-9-8-23(15-27(25)33-30)22-7-5-6-21(14-22)20-35-12-3-2-4-13-35/h5-9,14-17,19,31H,2-4,10-13,18,20H2,1H3,(H,32,33,34). The minimum absolute atomic E-state index is 0.570. The zero-order chi connectivity index (χ0) is 24.3. The van der Waals surface area contributed by atoms with Crippen LogP contribution >= 0.6 is 0 Å². The Morgan fingerprint density at radius 1 is 0.972 bits per heavy atom. The Morgan fingerprint density at radius 3 is 2.75 bits per heavy atom. The van der Waals surface area contributed by atoms with Crippen LogP contribution in [0.3, 0.4) is 0 Å². The van der Waals surface area contributed by atoms with Crippen LogP contribution in [0.2, 0.25) is 0 Å². The van der Waals surface area contributed by atoms with E-state index in [0.717, 1.165) is 48.4 Å². The van der Waals surface area contributed by atoms with Crippen LogP contribution in [0.25, 0.3) is 22.0 Å². The summed E-state index contributed by atoms with van der Waals surface area (Å²) in [5.41, 5.74) is 8.20. The van der Waals surface area contributed by atoms with Crippen LogP contribution < -0.4 is 15.4 Å². The summed E-state index contributed by atoms with van der Waals surface area (Å²) in [5.74, 6) is 1.39. The Bertz CT molecular complexity index is 1380. The number of piperidine rings is 1. The van der Waals surface area contributed by atoms with Crippen molar-refractivity contribution in [3.63, 3.8) is 0 Å². The molecule has 2 aliphatic rings. The maximum atomic E-state index is 5.67. The molecule has 36 heavy (non-hydrogen) atoms. The van der Waals surface area contributed by atoms with E-state index in [4.69, 9.17) is 9.72 Å². The summed E-state index contributed by atoms with van der Waals surface area (Å²) in [5, 5.41) is 7.86. The summed E-state index contributed by atoms with van der Waals surface area (Å²) in [6.45, 7) is 5.31. The number of hydrogen-bond donors (Lipinski definition) is 2. The van der Waals surface area contributed by atoms with Gasteiger partial charge in [0.05, 0.1) is 18.3 Å². The highest BCUT2D eigenvalue weighted by Gasteiger charge is 2.15. The Labute approximate surface area is 212 Å². The summed E-state index contributed by atoms with van der Waals surface area (Å²) in [6, 6.07) is 19.6. The van der Waals surface area contributed by atoms with Gasteiger partial charge in [-0.1, -0.05) is 36.8 Å². The molecule has 0 unspecified atom stereocenters. The van der Waals surface area contributed by atoms with Gasteiger partial charge in [0.1, 0.15) is 5.75 Å². The molecule has 6 heteroatoms. The second-order valence-electron chi connectivity index (χ2n) is 9.88. The molecule has 0 radical (unpaired) electrons. The van der Waals surface area contributed by atoms with Crippen molar-refractivity contribution in [2.75, 3.05) is 32.1 Å². The van der Waals surface area contributed by atoms with Crippen molar-refractivity contribution in [3.05, 3.63) is 77.5 Å². The van der Waals surface area contributed by atoms with Crippen molar-refractivity contribution < 1.29 is 4.74 Å². The summed E-state index contributed by atoms with van der Waals surface area (Å²) < 4.78 is 5.67. The number of rotatable bonds is 6. The lowest BCUT2D eigenvalue weighted by molar-refractivity contribution is 0.221. The quantitative estimate of drug-likeness (QED) is 0.371. The molecular weight excluding hydrogens is 446 g/mol. The maximum absolute atomic E-state index is 5.67. The monoisotopic (exact) mass is 479 g/mol. The van der Waals surface area contributed by atoms with E-state index in [1.54, 1.807) is 7.11 Å². The SMILES string of the molecule is COc1cc2c(cc1Nc1ncc3ccc(-c4cccc(CN5CCCCC5)c4)cc3n1)CNCC2. The molecule has 1 aromatic heterocycles. The van der Waals surface area contributed by atoms with E-state index in [9.17, 15) is 0 Å². The number of fused-ring (bicyclic) bond motifs is 2. The smallest absolute Gasteiger partial charge is 0.227 e. The molecule has 1 saturated heterocycles. The van der Waals surface area contributed by atoms with Crippen LogP contribution in [0, 0.1) is 0 Å². The van der Waals surface area contributed by atoms with Gasteiger partial charge >= 0.3 is 0 Å². The number of aromatic nitrogens is 2. The first-order valence-electron chi connectivity index (χ1n) is 13.0. The van der Waals surface area contributed by atoms with Gasteiger partial charge in [0.25, 0.3) is 0 Å². The van der Waals surface area contributed by atoms with E-state index < -0.39 is 0 Å². The van der Waals surface area contributed by atoms with Crippen LogP contribution in [0.15, 0.2) is 60.8 Å². The number of nitrogens with zero attached hydrogens (tertiary/aromatic N) is 3. The fraction of sp³-hybridized carbons (Fsp3) is 0.333. The van der Waals surface area contributed by atoms with Gasteiger partial charge in [0.15, 0.2) is 0 Å². The van der Waals surface area contributed by atoms with Crippen molar-refractivity contribution in [2.45, 2.75) is 38.8 Å². The van der Waals surface area contributed by atoms with E-state index in [1.807, 2.05) is 6.20 Å². The molecule has 3 heterocycles. The Morgan fingerprint density at radius 2 is 1.86 bits per heavy atom. The average Bonchev–Trinajstić information content (AvgIpc) is 2.93. The molecule has 0 amide bonds. The van der Waals surface area contributed by atoms with Crippen molar-refractivity contribution in [3.8, 4) is 16.9 Å². The molecule has 2 aliphatic heterocycles. The number of likely N-dealkylation sites (tertiary alicyclic amines) is 1. The lowest BCUT2D eigenvalue weighted by Gasteiger charge is -2.26. The lowest BCUT2D eigenvalue weighted by Crippen LogP contribution is -2.29. The first-order valence-corrected chi connectivity index (χ1v) is 13.0. The highest BCUT2D eigenvalue weighted by atomic mass is 16.5. The molecule has 6 rings (SSSR count). The molecule has 0 bridgehead atoms. The molecular formula is C30H33N5O. The number of nitrogens with one attached hydrogen (secondary N) is 2. The third kappa shape index (κ3) is 4.92. The third-order valence-electron chi connectivity index (χ3n) is 7.35. The van der Waals surface area contributed by atoms with Crippen LogP contribution in [0.1, 0.15) is 36.0 Å². The van der Waals surface area contributed by atoms with Gasteiger partial charge in [0, 0.05) is 24.7 Å². The van der Waals surface area contributed by atoms with Gasteiger partial charge in [-0.2, -0.15) is 0 Å². The molecule has 0 aliphatic carbocycles. The summed E-state index contributed by atoms with van der Waals surface area (Å²) >= 11 is 0. The number of methoxy groups -OCH3 is 1. The molecule has 1 fully saturated rings. The van der Waals surface area contributed by atoms with Crippen molar-refractivity contribution in [1.82, 2.24) is 20.2 Å². The fourth-order valence-corrected chi connectivity index (χ4v) is 5.39. The van der Waals surface area contributed by atoms with Crippen molar-refractivity contribution in [1.29, 1.82) is 0 Å². The number of benzene rings is 3. The van der Waals surface area contributed by atoms with E-state index in [1.165, 1.54) is 60.2 Å². The molecule has 4 aromatic rings. The molecule has 0 atom stereocenters. The summed E-state index contributed by atoms with van der Waals surface area (Å²) in [7, 11) is 1.71. The average molecular weight is 480 g/mol. The Kier molecular flexibility index (Phi) is 6.53. The summed E-state index contributed by atoms with van der Waals surface area (Å²) in [4.78, 5) is 12.0. The van der Waals surface area contributed by atoms with E-state index in [-0.39, 0.29) is 0 Å². The van der Waals surface area contributed by atoms with Gasteiger partial charge in [-0.05, 0) is 91.0 Å². The van der Waals surface area contributed by atoms with Crippen molar-refractivity contribution in [2.24, 2.45) is 0 Å². The summed E-state index contributed by atoms with van der Waals surface area (Å²) in [6.07, 6.45) is 6.89. The largest absolute Gasteiger partial charge is 0.495 e. The van der Waals surface area contributed by atoms with Gasteiger partial charge in [-0.15, -0.1) is 0 Å². The number of ether oxygens (including phenoxy) is 1. The van der Waals surface area contributed by atoms with E-state index >= 15 is 0 Å². The zero-order valence-corrected chi connectivity index (χ0v) is 20.9. The van der Waals surface area contributed by atoms with Gasteiger partial charge < -0.3 is 15.4 Å². The van der Waals surface area contributed by atoms with Gasteiger partial charge in [0.2, 0.25) is 5.95 Å². The lowest BCUT2D eigenvalue weighted by atomic mass is 10.00. The predicted molar refractivity (Wildman–Crippen MR) is 146 cm³/mol. The molecule has 0 spiro atoms. The minimum Gasteiger partial charge on any atom is -0.495 e. The number of hydrogen-bond acceptors (Lipinski definition) is 6. The topological polar surface area (TPSA) is 62.3 Å². The van der Waals surface area contributed by atoms with Crippen molar-refractivity contribution >= 4 is 22.5 Å². The van der Waals surface area contributed by atoms with Crippen LogP contribution in [-0.4, -0.2) is 41.6 Å². The zero-order valence-electron chi connectivity index (χ0n) is 20.9. The second-order valence-corrected chi connectivity index (χ2v) is 9.88. The predicted octanol–water partition coefficient (Wildman–Crippen LogP) is 5.68. The fourth-order valence-electron chi connectivity index (χ4n) is 5.39. The first kappa shape index (κ1) is 23.0.